The van der Waals surface area contributed by atoms with Gasteiger partial charge in [-0.15, -0.1) is 0 Å². The summed E-state index contributed by atoms with van der Waals surface area (Å²) in [5.74, 6) is 0.546. The molecule has 0 saturated carbocycles. The van der Waals surface area contributed by atoms with Crippen LogP contribution in [0, 0.1) is 5.92 Å². The number of amides is 1. The summed E-state index contributed by atoms with van der Waals surface area (Å²) >= 11 is 0. The first-order valence-corrected chi connectivity index (χ1v) is 10.0. The summed E-state index contributed by atoms with van der Waals surface area (Å²) in [6.45, 7) is 7.50. The Hall–Kier alpha value is -2.57. The van der Waals surface area contributed by atoms with Crippen molar-refractivity contribution < 1.29 is 14.3 Å². The van der Waals surface area contributed by atoms with E-state index in [0.29, 0.717) is 13.1 Å². The van der Waals surface area contributed by atoms with Crippen molar-refractivity contribution in [3.8, 4) is 0 Å². The summed E-state index contributed by atoms with van der Waals surface area (Å²) in [5, 5.41) is 3.26. The van der Waals surface area contributed by atoms with Crippen LogP contribution in [0.1, 0.15) is 32.3 Å². The number of piperidine rings is 1. The van der Waals surface area contributed by atoms with Gasteiger partial charge in [0, 0.05) is 32.7 Å². The number of carbonyl (C=O) groups excluding carboxylic acids is 2. The first kappa shape index (κ1) is 21.7. The van der Waals surface area contributed by atoms with Crippen LogP contribution in [0.3, 0.4) is 0 Å². The predicted octanol–water partition coefficient (Wildman–Crippen LogP) is 1.89. The first-order chi connectivity index (χ1) is 13.6. The van der Waals surface area contributed by atoms with Gasteiger partial charge in [-0.2, -0.15) is 0 Å². The number of ether oxygens (including phenoxy) is 1. The highest BCUT2D eigenvalue weighted by Gasteiger charge is 2.27. The van der Waals surface area contributed by atoms with Crippen LogP contribution in [0.15, 0.2) is 35.3 Å². The lowest BCUT2D eigenvalue weighted by atomic mass is 9.97. The van der Waals surface area contributed by atoms with Crippen molar-refractivity contribution in [3.05, 3.63) is 35.9 Å². The van der Waals surface area contributed by atoms with Crippen molar-refractivity contribution in [2.45, 2.75) is 33.2 Å². The highest BCUT2D eigenvalue weighted by atomic mass is 16.5. The highest BCUT2D eigenvalue weighted by Crippen LogP contribution is 2.18. The van der Waals surface area contributed by atoms with Gasteiger partial charge in [0.15, 0.2) is 5.96 Å². The molecule has 1 heterocycles. The number of methoxy groups -OCH3 is 1. The Kier molecular flexibility index (Phi) is 8.78. The summed E-state index contributed by atoms with van der Waals surface area (Å²) in [6, 6.07) is 9.97. The third kappa shape index (κ3) is 6.25. The SMILES string of the molecule is CCNC(=NCC(=O)N(CC)Cc1ccccc1)N1CCC(C(=O)OC)CC1. The number of esters is 1. The molecule has 1 saturated heterocycles. The van der Waals surface area contributed by atoms with Crippen molar-refractivity contribution in [3.63, 3.8) is 0 Å². The van der Waals surface area contributed by atoms with E-state index in [1.54, 1.807) is 0 Å². The zero-order valence-electron chi connectivity index (χ0n) is 17.2. The molecule has 1 N–H and O–H groups in total. The van der Waals surface area contributed by atoms with E-state index in [2.05, 4.69) is 15.2 Å². The average molecular weight is 389 g/mol. The molecule has 2 rings (SSSR count). The van der Waals surface area contributed by atoms with Crippen LogP contribution >= 0.6 is 0 Å². The Morgan fingerprint density at radius 2 is 1.89 bits per heavy atom. The van der Waals surface area contributed by atoms with Crippen molar-refractivity contribution >= 4 is 17.8 Å². The molecule has 1 amide bonds. The van der Waals surface area contributed by atoms with Crippen LogP contribution in [0.2, 0.25) is 0 Å². The second-order valence-corrected chi connectivity index (χ2v) is 6.85. The fourth-order valence-corrected chi connectivity index (χ4v) is 3.34. The second kappa shape index (κ2) is 11.3. The van der Waals surface area contributed by atoms with E-state index in [0.717, 1.165) is 44.0 Å². The molecule has 7 nitrogen and oxygen atoms in total. The highest BCUT2D eigenvalue weighted by molar-refractivity contribution is 5.85. The number of hydrogen-bond donors (Lipinski definition) is 1. The number of likely N-dealkylation sites (tertiary alicyclic amines) is 1. The van der Waals surface area contributed by atoms with E-state index in [-0.39, 0.29) is 24.3 Å². The van der Waals surface area contributed by atoms with Gasteiger partial charge >= 0.3 is 5.97 Å². The number of aliphatic imine (C=N–C) groups is 1. The van der Waals surface area contributed by atoms with Crippen LogP contribution < -0.4 is 5.32 Å². The first-order valence-electron chi connectivity index (χ1n) is 10.0. The van der Waals surface area contributed by atoms with Crippen LogP contribution in [0.5, 0.6) is 0 Å². The molecule has 0 atom stereocenters. The Morgan fingerprint density at radius 1 is 1.21 bits per heavy atom. The zero-order valence-corrected chi connectivity index (χ0v) is 17.2. The maximum Gasteiger partial charge on any atom is 0.308 e. The van der Waals surface area contributed by atoms with Gasteiger partial charge in [-0.25, -0.2) is 4.99 Å². The summed E-state index contributed by atoms with van der Waals surface area (Å²) in [4.78, 5) is 32.9. The molecule has 28 heavy (non-hydrogen) atoms. The molecule has 0 bridgehead atoms. The number of nitrogens with one attached hydrogen (secondary N) is 1. The Bertz CT molecular complexity index is 655. The Morgan fingerprint density at radius 3 is 2.46 bits per heavy atom. The number of nitrogens with zero attached hydrogens (tertiary/aromatic N) is 3. The molecule has 0 aliphatic carbocycles. The third-order valence-corrected chi connectivity index (χ3v) is 4.98. The minimum absolute atomic E-state index is 0.00574. The van der Waals surface area contributed by atoms with Gasteiger partial charge in [-0.05, 0) is 32.3 Å². The molecule has 1 aromatic carbocycles. The minimum atomic E-state index is -0.142. The van der Waals surface area contributed by atoms with Crippen molar-refractivity contribution in [2.24, 2.45) is 10.9 Å². The normalized spacial score (nSPS) is 15.2. The minimum Gasteiger partial charge on any atom is -0.469 e. The molecule has 1 fully saturated rings. The quantitative estimate of drug-likeness (QED) is 0.439. The van der Waals surface area contributed by atoms with E-state index in [1.807, 2.05) is 49.1 Å². The number of rotatable bonds is 7. The number of hydrogen-bond acceptors (Lipinski definition) is 4. The van der Waals surface area contributed by atoms with E-state index < -0.39 is 0 Å². The van der Waals surface area contributed by atoms with Gasteiger partial charge in [0.25, 0.3) is 0 Å². The van der Waals surface area contributed by atoms with Crippen molar-refractivity contribution in [1.82, 2.24) is 15.1 Å². The summed E-state index contributed by atoms with van der Waals surface area (Å²) in [6.07, 6.45) is 1.47. The molecule has 0 spiro atoms. The summed E-state index contributed by atoms with van der Waals surface area (Å²) in [5.41, 5.74) is 1.11. The standard InChI is InChI=1S/C21H32N4O3/c1-4-22-21(25-13-11-18(12-14-25)20(27)28-3)23-15-19(26)24(5-2)16-17-9-7-6-8-10-17/h6-10,18H,4-5,11-16H2,1-3H3,(H,22,23). The fourth-order valence-electron chi connectivity index (χ4n) is 3.34. The van der Waals surface area contributed by atoms with Crippen LogP contribution in [-0.2, 0) is 20.9 Å². The Balaban J connectivity index is 1.95. The van der Waals surface area contributed by atoms with Crippen LogP contribution in [0.4, 0.5) is 0 Å². The number of benzene rings is 1. The van der Waals surface area contributed by atoms with Crippen molar-refractivity contribution in [2.75, 3.05) is 39.8 Å². The van der Waals surface area contributed by atoms with Crippen molar-refractivity contribution in [1.29, 1.82) is 0 Å². The topological polar surface area (TPSA) is 74.2 Å². The molecule has 0 aromatic heterocycles. The number of carbonyl (C=O) groups is 2. The number of guanidine groups is 1. The third-order valence-electron chi connectivity index (χ3n) is 4.98. The Labute approximate surface area is 167 Å². The maximum atomic E-state index is 12.7. The van der Waals surface area contributed by atoms with E-state index >= 15 is 0 Å². The molecule has 0 radical (unpaired) electrons. The average Bonchev–Trinajstić information content (AvgIpc) is 2.75. The largest absolute Gasteiger partial charge is 0.469 e. The fraction of sp³-hybridized carbons (Fsp3) is 0.571. The lowest BCUT2D eigenvalue weighted by Gasteiger charge is -2.33. The maximum absolute atomic E-state index is 12.7. The van der Waals surface area contributed by atoms with Gasteiger partial charge in [0.1, 0.15) is 6.54 Å². The second-order valence-electron chi connectivity index (χ2n) is 6.85. The zero-order chi connectivity index (χ0) is 20.4. The summed E-state index contributed by atoms with van der Waals surface area (Å²) in [7, 11) is 1.43. The monoisotopic (exact) mass is 388 g/mol. The van der Waals surface area contributed by atoms with Crippen LogP contribution in [-0.4, -0.2) is 67.5 Å². The summed E-state index contributed by atoms with van der Waals surface area (Å²) < 4.78 is 4.85. The smallest absolute Gasteiger partial charge is 0.308 e. The molecule has 1 aromatic rings. The lowest BCUT2D eigenvalue weighted by Crippen LogP contribution is -2.47. The van der Waals surface area contributed by atoms with Gasteiger partial charge in [0.2, 0.25) is 5.91 Å². The van der Waals surface area contributed by atoms with E-state index in [4.69, 9.17) is 4.74 Å². The molecule has 7 heteroatoms. The molecular weight excluding hydrogens is 356 g/mol. The van der Waals surface area contributed by atoms with Crippen LogP contribution in [0.25, 0.3) is 0 Å². The van der Waals surface area contributed by atoms with E-state index in [1.165, 1.54) is 7.11 Å². The van der Waals surface area contributed by atoms with Gasteiger partial charge < -0.3 is 19.9 Å². The van der Waals surface area contributed by atoms with Gasteiger partial charge in [-0.1, -0.05) is 30.3 Å². The lowest BCUT2D eigenvalue weighted by molar-refractivity contribution is -0.146. The molecule has 0 unspecified atom stereocenters. The number of likely N-dealkylation sites (N-methyl/N-ethyl adjacent to an activating group) is 1. The molecular formula is C21H32N4O3. The van der Waals surface area contributed by atoms with E-state index in [9.17, 15) is 9.59 Å². The van der Waals surface area contributed by atoms with Gasteiger partial charge in [0.05, 0.1) is 13.0 Å². The van der Waals surface area contributed by atoms with Gasteiger partial charge in [-0.3, -0.25) is 9.59 Å². The molecule has 1 aliphatic rings. The molecule has 1 aliphatic heterocycles. The predicted molar refractivity (Wildman–Crippen MR) is 110 cm³/mol. The molecule has 154 valence electrons.